The summed E-state index contributed by atoms with van der Waals surface area (Å²) in [5.74, 6) is -1.68. The van der Waals surface area contributed by atoms with Crippen LogP contribution in [0.2, 0.25) is 0 Å². The number of aliphatic hydroxyl groups is 2. The number of aromatic nitrogens is 20. The number of nitrogens with one attached hydrogen (secondary N) is 5. The predicted octanol–water partition coefficient (Wildman–Crippen LogP) is -4.96. The molecule has 26 N–H and O–H groups in total. The van der Waals surface area contributed by atoms with E-state index in [4.69, 9.17) is 114 Å². The first-order valence-corrected chi connectivity index (χ1v) is 45.5. The molecule has 0 spiro atoms. The quantitative estimate of drug-likeness (QED) is 0.0171. The SMILES string of the molecule is Cc1cn([C@H]2C[C@H](O)[C@@H](COP(=O)(O)O[C@H]3C[C@H](n4cnc5c(=O)[nH]c(N)nc54)O[C@@H]3COP(=O)(O)O[C@H]3C[C@H](n4cnc5c(=O)[nH]c(N)nc54)O[C@@H]3COP(=O)(O)O[C@H]3C[C@H](n4ccc(N)nc4=O)O[C@@H]3COP(=O)(O)O[C@H]3C[C@H](n4cnc5c(=O)[nH]c(N)nc54)O[C@@H]3COP(=O)(O)O[C@H]3C[C@H](n4cnc5c(=O)[nH]c(N)nc54)O[C@@H]3CO)O2)c(=O)[nH]c1=O.NCCN.[Pt]. The van der Waals surface area contributed by atoms with Crippen molar-refractivity contribution in [2.75, 3.05) is 81.4 Å². The number of fused-ring (bicyclic) bond motifs is 4. The first kappa shape index (κ1) is 95.9. The number of ether oxygens (including phenoxy) is 6. The van der Waals surface area contributed by atoms with Crippen molar-refractivity contribution in [2.24, 2.45) is 11.5 Å². The average Bonchev–Trinajstić information content (AvgIpc) is 1.63. The molecule has 706 valence electrons. The van der Waals surface area contributed by atoms with Gasteiger partial charge in [-0.05, 0) is 13.0 Å². The van der Waals surface area contributed by atoms with Gasteiger partial charge in [0.25, 0.3) is 27.8 Å². The molecule has 6 fully saturated rings. The molecule has 5 unspecified atom stereocenters. The van der Waals surface area contributed by atoms with E-state index in [0.717, 1.165) is 38.9 Å². The topological polar surface area (TPSA) is 901 Å². The molecule has 129 heavy (non-hydrogen) atoms. The van der Waals surface area contributed by atoms with Gasteiger partial charge in [0.05, 0.1) is 71.1 Å². The first-order valence-electron chi connectivity index (χ1n) is 38.1. The number of aliphatic hydroxyl groups excluding tert-OH is 2. The van der Waals surface area contributed by atoms with Crippen LogP contribution in [-0.4, -0.2) is 258 Å². The molecule has 16 rings (SSSR count). The third-order valence-corrected chi connectivity index (χ3v) is 25.5. The monoisotopic (exact) mass is 2100 g/mol. The van der Waals surface area contributed by atoms with E-state index < -0.39 is 260 Å². The maximum Gasteiger partial charge on any atom is 0.472 e. The van der Waals surface area contributed by atoms with Crippen molar-refractivity contribution in [3.05, 3.63) is 122 Å². The van der Waals surface area contributed by atoms with Gasteiger partial charge in [-0.3, -0.25) is 122 Å². The summed E-state index contributed by atoms with van der Waals surface area (Å²) in [5, 5.41) is 21.2. The zero-order chi connectivity index (χ0) is 91.5. The number of hydrogen-bond donors (Lipinski definition) is 19. The van der Waals surface area contributed by atoms with Gasteiger partial charge in [-0.1, -0.05) is 0 Å². The summed E-state index contributed by atoms with van der Waals surface area (Å²) in [5.41, 5.74) is 31.8. The van der Waals surface area contributed by atoms with Gasteiger partial charge in [-0.25, -0.2) is 52.4 Å². The van der Waals surface area contributed by atoms with Crippen LogP contribution in [0.15, 0.2) is 77.3 Å². The van der Waals surface area contributed by atoms with Crippen molar-refractivity contribution >= 4 is 113 Å². The van der Waals surface area contributed by atoms with Crippen LogP contribution in [0, 0.1) is 6.92 Å². The Bertz CT molecular complexity index is 6530. The van der Waals surface area contributed by atoms with Gasteiger partial charge in [0, 0.05) is 90.6 Å². The maximum absolute atomic E-state index is 14.5. The second-order valence-corrected chi connectivity index (χ2v) is 36.2. The Balaban J connectivity index is 0.00000263. The van der Waals surface area contributed by atoms with Gasteiger partial charge >= 0.3 is 50.5 Å². The van der Waals surface area contributed by atoms with Gasteiger partial charge < -0.3 is 103 Å². The number of nitrogens with zero attached hydrogens (tertiary/aromatic N) is 15. The number of nitrogens with two attached hydrogens (primary N) is 7. The number of imidazole rings is 4. The third kappa shape index (κ3) is 21.6. The fourth-order valence-electron chi connectivity index (χ4n) is 14.6. The van der Waals surface area contributed by atoms with E-state index in [1.54, 1.807) is 0 Å². The Labute approximate surface area is 730 Å². The molecule has 0 bridgehead atoms. The van der Waals surface area contributed by atoms with E-state index in [1.165, 1.54) is 39.2 Å². The first-order chi connectivity index (χ1) is 60.6. The van der Waals surface area contributed by atoms with Crippen molar-refractivity contribution in [3.8, 4) is 0 Å². The molecule has 0 amide bonds. The fourth-order valence-corrected chi connectivity index (χ4v) is 19.4. The molecule has 10 aromatic heterocycles. The van der Waals surface area contributed by atoms with E-state index in [2.05, 4.69) is 69.8 Å². The number of phosphoric acid groups is 5. The van der Waals surface area contributed by atoms with Crippen molar-refractivity contribution in [1.29, 1.82) is 0 Å². The van der Waals surface area contributed by atoms with E-state index in [9.17, 15) is 91.1 Å². The minimum absolute atomic E-state index is 0. The standard InChI is InChI=1S/C59H74N25O35P5.C2H8N2.Pt/c1-21-10-80(59(93)78-49(21)87)35-4-22(86)29(110-35)12-104-120(94,95)117-25-7-38(82-18-66-42-46(82)71-55(62)75-51(42)89)113-32(25)15-108-124(102,103)119-27-9-40(84-20-68-44-48(84)73-57(64)77-53(44)91)114-33(27)16-107-122(98,99)116-24-6-36(79-3-2-34(60)69-58(79)92)111-30(24)13-106-123(100,101)118-26-8-39(83-19-67-43-47(83)72-56(63)76-52(43)90)112-31(26)14-105-121(96,97)115-23-5-37(109-28(23)11-85)81-17-65-41-45(81)70-54(61)74-50(41)88;3-1-2-4;/h2-3,10,17-20,22-33,35-40,85-86H,4-9,11-16H2,1H3,(H,94,95)(H,96,97)(H,98,99)(H,100,101)(H,102,103)(H2,60,69,92)(H,78,87,93)(H3,61,70,74,88)(H3,62,71,75,89)(H3,63,72,76,90)(H3,64,73,77,91);1-4H2;/t22-,23-,24-,25-,26-,27-,28+,29+,30+,31+,32+,33+,35+,36+,37+,38+,39+,40+;;/m0../s1. The van der Waals surface area contributed by atoms with Gasteiger partial charge in [0.2, 0.25) is 23.8 Å². The summed E-state index contributed by atoms with van der Waals surface area (Å²) >= 11 is 0. The molecule has 0 radical (unpaired) electrons. The van der Waals surface area contributed by atoms with Crippen molar-refractivity contribution in [1.82, 2.24) is 97.2 Å². The van der Waals surface area contributed by atoms with Gasteiger partial charge in [0.1, 0.15) is 110 Å². The van der Waals surface area contributed by atoms with Gasteiger partial charge in [-0.15, -0.1) is 0 Å². The van der Waals surface area contributed by atoms with Crippen molar-refractivity contribution in [2.45, 2.75) is 156 Å². The largest absolute Gasteiger partial charge is 0.472 e. The second-order valence-electron chi connectivity index (χ2n) is 29.2. The number of nitrogen functional groups attached to an aromatic ring is 5. The average molecular weight is 2100 g/mol. The molecule has 6 aliphatic heterocycles. The van der Waals surface area contributed by atoms with Crippen LogP contribution in [0.5, 0.6) is 0 Å². The second kappa shape index (κ2) is 38.5. The molecule has 23 atom stereocenters. The molecule has 6 aliphatic rings. The minimum atomic E-state index is -5.67. The van der Waals surface area contributed by atoms with Crippen LogP contribution >= 0.6 is 39.1 Å². The summed E-state index contributed by atoms with van der Waals surface area (Å²) in [6, 6.07) is 1.17. The van der Waals surface area contributed by atoms with E-state index in [1.807, 2.05) is 0 Å². The Morgan fingerprint density at radius 2 is 0.682 bits per heavy atom. The Kier molecular flexibility index (Phi) is 28.6. The Morgan fingerprint density at radius 1 is 0.403 bits per heavy atom. The summed E-state index contributed by atoms with van der Waals surface area (Å²) < 4.78 is 169. The van der Waals surface area contributed by atoms with E-state index in [-0.39, 0.29) is 108 Å². The summed E-state index contributed by atoms with van der Waals surface area (Å²) in [7, 11) is -27.6. The maximum atomic E-state index is 14.5. The normalized spacial score (nSPS) is 28.3. The van der Waals surface area contributed by atoms with E-state index in [0.29, 0.717) is 13.1 Å². The Morgan fingerprint density at radius 3 is 0.984 bits per heavy atom. The zero-order valence-corrected chi connectivity index (χ0v) is 72.9. The van der Waals surface area contributed by atoms with Gasteiger partial charge in [0.15, 0.2) is 44.7 Å². The number of H-pyrrole nitrogens is 5. The molecule has 62 nitrogen and oxygen atoms in total. The molecular formula is C61H82N27O35P5Pt. The van der Waals surface area contributed by atoms with Crippen LogP contribution < -0.4 is 79.3 Å². The third-order valence-electron chi connectivity index (χ3n) is 20.5. The molecule has 0 aromatic carbocycles. The van der Waals surface area contributed by atoms with Crippen molar-refractivity contribution in [3.63, 3.8) is 0 Å². The van der Waals surface area contributed by atoms with E-state index >= 15 is 0 Å². The number of hydrogen-bond acceptors (Lipinski definition) is 46. The van der Waals surface area contributed by atoms with Crippen molar-refractivity contribution < 1.29 is 152 Å². The number of rotatable bonds is 33. The fraction of sp³-hybridized carbons (Fsp3) is 0.541. The number of anilines is 5. The molecule has 10 aromatic rings. The minimum Gasteiger partial charge on any atom is -0.394 e. The number of aryl methyl sites for hydroxylation is 1. The predicted molar refractivity (Wildman–Crippen MR) is 425 cm³/mol. The molecule has 6 saturated heterocycles. The number of aromatic amines is 5. The molecule has 0 saturated carbocycles. The van der Waals surface area contributed by atoms with Crippen LogP contribution in [-0.2, 0) is 118 Å². The van der Waals surface area contributed by atoms with Crippen LogP contribution in [0.3, 0.4) is 0 Å². The molecule has 0 aliphatic carbocycles. The summed E-state index contributed by atoms with van der Waals surface area (Å²) in [4.78, 5) is 194. The van der Waals surface area contributed by atoms with Gasteiger partial charge in [-0.2, -0.15) is 24.9 Å². The molecular weight excluding hydrogens is 2020 g/mol. The summed E-state index contributed by atoms with van der Waals surface area (Å²) in [6.07, 6.45) is -23.5. The Hall–Kier alpha value is -9.20. The van der Waals surface area contributed by atoms with Crippen LogP contribution in [0.25, 0.3) is 44.7 Å². The molecule has 68 heteroatoms. The van der Waals surface area contributed by atoms with Crippen LogP contribution in [0.4, 0.5) is 29.6 Å². The summed E-state index contributed by atoms with van der Waals surface area (Å²) in [6.45, 7) is -3.43. The zero-order valence-electron chi connectivity index (χ0n) is 66.2. The molecule has 16 heterocycles. The number of phosphoric ester groups is 5. The van der Waals surface area contributed by atoms with Crippen LogP contribution in [0.1, 0.15) is 81.5 Å². The smallest absolute Gasteiger partial charge is 0.394 e.